The zero-order chi connectivity index (χ0) is 11.5. The fraction of sp³-hybridized carbons (Fsp3) is 0.875. The van der Waals surface area contributed by atoms with Gasteiger partial charge in [-0.15, -0.1) is 0 Å². The summed E-state index contributed by atoms with van der Waals surface area (Å²) in [5, 5.41) is 11.6. The minimum Gasteiger partial charge on any atom is -0.409 e. The topological polar surface area (TPSA) is 96.0 Å². The van der Waals surface area contributed by atoms with Gasteiger partial charge in [0, 0.05) is 13.1 Å². The maximum absolute atomic E-state index is 11.2. The van der Waals surface area contributed by atoms with Crippen molar-refractivity contribution in [2.75, 3.05) is 24.6 Å². The first kappa shape index (κ1) is 12.3. The summed E-state index contributed by atoms with van der Waals surface area (Å²) >= 11 is 0. The minimum atomic E-state index is -2.87. The molecule has 1 aliphatic rings. The van der Waals surface area contributed by atoms with Crippen LogP contribution in [0.4, 0.5) is 0 Å². The average Bonchev–Trinajstić information content (AvgIpc) is 2.21. The Morgan fingerprint density at radius 3 is 2.47 bits per heavy atom. The molecule has 1 fully saturated rings. The van der Waals surface area contributed by atoms with E-state index in [1.165, 1.54) is 0 Å². The summed E-state index contributed by atoms with van der Waals surface area (Å²) in [4.78, 5) is 1.94. The molecule has 15 heavy (non-hydrogen) atoms. The molecule has 0 aliphatic carbocycles. The predicted octanol–water partition coefficient (Wildman–Crippen LogP) is -0.758. The zero-order valence-electron chi connectivity index (χ0n) is 8.76. The van der Waals surface area contributed by atoms with Gasteiger partial charge in [0.15, 0.2) is 15.7 Å². The molecule has 0 radical (unpaired) electrons. The van der Waals surface area contributed by atoms with Crippen molar-refractivity contribution in [3.63, 3.8) is 0 Å². The fourth-order valence-corrected chi connectivity index (χ4v) is 2.99. The molecule has 0 aromatic rings. The van der Waals surface area contributed by atoms with Gasteiger partial charge >= 0.3 is 0 Å². The highest BCUT2D eigenvalue weighted by Crippen LogP contribution is 2.10. The van der Waals surface area contributed by atoms with E-state index in [-0.39, 0.29) is 23.4 Å². The molecular weight excluding hydrogens is 218 g/mol. The van der Waals surface area contributed by atoms with Gasteiger partial charge < -0.3 is 10.9 Å². The van der Waals surface area contributed by atoms with Crippen LogP contribution in [0.3, 0.4) is 0 Å². The highest BCUT2D eigenvalue weighted by molar-refractivity contribution is 7.91. The maximum atomic E-state index is 11.2. The van der Waals surface area contributed by atoms with Crippen molar-refractivity contribution < 1.29 is 13.6 Å². The molecule has 0 saturated carbocycles. The van der Waals surface area contributed by atoms with Gasteiger partial charge in [-0.3, -0.25) is 4.90 Å². The van der Waals surface area contributed by atoms with Crippen LogP contribution < -0.4 is 5.73 Å². The third-order valence-corrected chi connectivity index (χ3v) is 4.27. The average molecular weight is 235 g/mol. The monoisotopic (exact) mass is 235 g/mol. The van der Waals surface area contributed by atoms with E-state index >= 15 is 0 Å². The Balaban J connectivity index is 2.66. The Kier molecular flexibility index (Phi) is 3.92. The standard InChI is InChI=1S/C8H17N3O3S/c1-2-7(8(9)10-12)11-3-5-15(13,14)6-4-11/h7,12H,2-6H2,1H3,(H2,9,10). The second-order valence-corrected chi connectivity index (χ2v) is 5.94. The Morgan fingerprint density at radius 2 is 2.07 bits per heavy atom. The van der Waals surface area contributed by atoms with E-state index in [1.807, 2.05) is 11.8 Å². The summed E-state index contributed by atoms with van der Waals surface area (Å²) in [5.74, 6) is 0.460. The van der Waals surface area contributed by atoms with E-state index in [4.69, 9.17) is 10.9 Å². The van der Waals surface area contributed by atoms with Crippen LogP contribution in [0.2, 0.25) is 0 Å². The van der Waals surface area contributed by atoms with Crippen molar-refractivity contribution in [2.24, 2.45) is 10.9 Å². The van der Waals surface area contributed by atoms with Crippen molar-refractivity contribution in [1.29, 1.82) is 0 Å². The van der Waals surface area contributed by atoms with Crippen LogP contribution in [0.5, 0.6) is 0 Å². The zero-order valence-corrected chi connectivity index (χ0v) is 9.57. The molecule has 0 aromatic carbocycles. The molecule has 1 atom stereocenters. The number of hydrogen-bond donors (Lipinski definition) is 2. The summed E-state index contributed by atoms with van der Waals surface area (Å²) in [7, 11) is -2.87. The lowest BCUT2D eigenvalue weighted by Crippen LogP contribution is -2.51. The van der Waals surface area contributed by atoms with Gasteiger partial charge in [-0.1, -0.05) is 12.1 Å². The highest BCUT2D eigenvalue weighted by atomic mass is 32.2. The van der Waals surface area contributed by atoms with E-state index in [9.17, 15) is 8.42 Å². The van der Waals surface area contributed by atoms with E-state index in [0.717, 1.165) is 0 Å². The lowest BCUT2D eigenvalue weighted by Gasteiger charge is -2.32. The van der Waals surface area contributed by atoms with Gasteiger partial charge in [-0.2, -0.15) is 0 Å². The molecule has 7 heteroatoms. The summed E-state index contributed by atoms with van der Waals surface area (Å²) in [5.41, 5.74) is 5.54. The van der Waals surface area contributed by atoms with Crippen LogP contribution in [0.15, 0.2) is 5.16 Å². The van der Waals surface area contributed by atoms with Crippen molar-refractivity contribution in [3.05, 3.63) is 0 Å². The summed E-state index contributed by atoms with van der Waals surface area (Å²) in [6.45, 7) is 2.83. The third kappa shape index (κ3) is 3.07. The number of nitrogens with two attached hydrogens (primary N) is 1. The Bertz CT molecular complexity index is 325. The maximum Gasteiger partial charge on any atom is 0.156 e. The van der Waals surface area contributed by atoms with Crippen LogP contribution in [0.1, 0.15) is 13.3 Å². The molecule has 1 saturated heterocycles. The van der Waals surface area contributed by atoms with Gasteiger partial charge in [0.25, 0.3) is 0 Å². The molecule has 1 aliphatic heterocycles. The SMILES string of the molecule is CCC(C(N)=NO)N1CCS(=O)(=O)CC1. The van der Waals surface area contributed by atoms with Crippen molar-refractivity contribution in [3.8, 4) is 0 Å². The Morgan fingerprint density at radius 1 is 1.53 bits per heavy atom. The second-order valence-electron chi connectivity index (χ2n) is 3.64. The number of sulfone groups is 1. The molecule has 1 rings (SSSR count). The lowest BCUT2D eigenvalue weighted by molar-refractivity contribution is 0.244. The normalized spacial score (nSPS) is 25.0. The smallest absolute Gasteiger partial charge is 0.156 e. The Hall–Kier alpha value is -0.820. The quantitative estimate of drug-likeness (QED) is 0.290. The number of oxime groups is 1. The molecule has 1 unspecified atom stereocenters. The third-order valence-electron chi connectivity index (χ3n) is 2.66. The van der Waals surface area contributed by atoms with Gasteiger partial charge in [0.1, 0.15) is 0 Å². The molecule has 88 valence electrons. The number of nitrogens with zero attached hydrogens (tertiary/aromatic N) is 2. The number of rotatable bonds is 3. The van der Waals surface area contributed by atoms with Gasteiger partial charge in [0.05, 0.1) is 17.5 Å². The van der Waals surface area contributed by atoms with Gasteiger partial charge in [-0.05, 0) is 6.42 Å². The summed E-state index contributed by atoms with van der Waals surface area (Å²) < 4.78 is 22.4. The molecule has 6 nitrogen and oxygen atoms in total. The summed E-state index contributed by atoms with van der Waals surface area (Å²) in [6, 6.07) is -0.162. The second kappa shape index (κ2) is 4.80. The Labute approximate surface area is 89.7 Å². The number of amidine groups is 1. The first-order chi connectivity index (χ1) is 7.00. The van der Waals surface area contributed by atoms with E-state index in [2.05, 4.69) is 5.16 Å². The van der Waals surface area contributed by atoms with Crippen molar-refractivity contribution in [1.82, 2.24) is 4.90 Å². The first-order valence-corrected chi connectivity index (χ1v) is 6.74. The van der Waals surface area contributed by atoms with Crippen LogP contribution in [-0.2, 0) is 9.84 Å². The van der Waals surface area contributed by atoms with Crippen LogP contribution in [-0.4, -0.2) is 55.0 Å². The predicted molar refractivity (Wildman–Crippen MR) is 57.7 cm³/mol. The van der Waals surface area contributed by atoms with E-state index in [0.29, 0.717) is 19.5 Å². The van der Waals surface area contributed by atoms with Crippen molar-refractivity contribution >= 4 is 15.7 Å². The van der Waals surface area contributed by atoms with Gasteiger partial charge in [0.2, 0.25) is 0 Å². The largest absolute Gasteiger partial charge is 0.409 e. The van der Waals surface area contributed by atoms with Crippen LogP contribution in [0, 0.1) is 0 Å². The molecule has 0 spiro atoms. The minimum absolute atomic E-state index is 0.150. The molecule has 0 bridgehead atoms. The molecular formula is C8H17N3O3S. The first-order valence-electron chi connectivity index (χ1n) is 4.92. The van der Waals surface area contributed by atoms with Crippen molar-refractivity contribution in [2.45, 2.75) is 19.4 Å². The van der Waals surface area contributed by atoms with Gasteiger partial charge in [-0.25, -0.2) is 8.42 Å². The number of hydrogen-bond acceptors (Lipinski definition) is 5. The molecule has 0 amide bonds. The van der Waals surface area contributed by atoms with Crippen LogP contribution in [0.25, 0.3) is 0 Å². The molecule has 0 aromatic heterocycles. The highest BCUT2D eigenvalue weighted by Gasteiger charge is 2.28. The molecule has 1 heterocycles. The molecule has 3 N–H and O–H groups in total. The van der Waals surface area contributed by atoms with E-state index < -0.39 is 9.84 Å². The summed E-state index contributed by atoms with van der Waals surface area (Å²) in [6.07, 6.45) is 0.704. The fourth-order valence-electron chi connectivity index (χ4n) is 1.76. The van der Waals surface area contributed by atoms with Crippen LogP contribution >= 0.6 is 0 Å². The van der Waals surface area contributed by atoms with E-state index in [1.54, 1.807) is 0 Å². The lowest BCUT2D eigenvalue weighted by atomic mass is 10.1.